The number of hydrogen-bond acceptors (Lipinski definition) is 6. The van der Waals surface area contributed by atoms with Gasteiger partial charge in [-0.25, -0.2) is 0 Å². The van der Waals surface area contributed by atoms with E-state index >= 15 is 0 Å². The quantitative estimate of drug-likeness (QED) is 0.631. The minimum atomic E-state index is -0.337. The first-order valence-electron chi connectivity index (χ1n) is 8.98. The number of amides is 2. The van der Waals surface area contributed by atoms with Crippen LogP contribution in [0.3, 0.4) is 0 Å². The zero-order valence-corrected chi connectivity index (χ0v) is 16.8. The van der Waals surface area contributed by atoms with E-state index in [1.165, 1.54) is 11.3 Å². The van der Waals surface area contributed by atoms with Crippen molar-refractivity contribution in [3.8, 4) is 0 Å². The fraction of sp³-hybridized carbons (Fsp3) is 0.300. The van der Waals surface area contributed by atoms with Gasteiger partial charge >= 0.3 is 0 Å². The van der Waals surface area contributed by atoms with Crippen molar-refractivity contribution in [2.24, 2.45) is 5.92 Å². The highest BCUT2D eigenvalue weighted by atomic mass is 32.1. The topological polar surface area (TPSA) is 97.1 Å². The van der Waals surface area contributed by atoms with Gasteiger partial charge in [-0.2, -0.15) is 0 Å². The third-order valence-electron chi connectivity index (χ3n) is 3.85. The highest BCUT2D eigenvalue weighted by Gasteiger charge is 2.15. The average Bonchev–Trinajstić information content (AvgIpc) is 3.28. The van der Waals surface area contributed by atoms with Gasteiger partial charge in [-0.15, -0.1) is 10.2 Å². The molecule has 0 fully saturated rings. The van der Waals surface area contributed by atoms with E-state index in [0.29, 0.717) is 34.5 Å². The maximum atomic E-state index is 12.4. The number of furan rings is 1. The Bertz CT molecular complexity index is 977. The lowest BCUT2D eigenvalue weighted by molar-refractivity contribution is 0.0946. The van der Waals surface area contributed by atoms with Crippen LogP contribution < -0.4 is 10.6 Å². The van der Waals surface area contributed by atoms with Crippen molar-refractivity contribution in [1.29, 1.82) is 0 Å². The van der Waals surface area contributed by atoms with Crippen LogP contribution in [0.4, 0.5) is 5.69 Å². The Labute approximate surface area is 167 Å². The summed E-state index contributed by atoms with van der Waals surface area (Å²) in [4.78, 5) is 24.7. The van der Waals surface area contributed by atoms with E-state index in [2.05, 4.69) is 34.7 Å². The van der Waals surface area contributed by atoms with Crippen molar-refractivity contribution in [3.63, 3.8) is 0 Å². The fourth-order valence-electron chi connectivity index (χ4n) is 2.55. The minimum absolute atomic E-state index is 0.250. The standard InChI is InChI=1S/C20H22N4O3S/c1-12(2)9-17-23-24-20(28-17)19(26)22-15-6-4-5-14(10-15)18(25)21-11-16-8-7-13(3)27-16/h4-8,10,12H,9,11H2,1-3H3,(H,21,25)(H,22,26). The van der Waals surface area contributed by atoms with Gasteiger partial charge in [-0.05, 0) is 43.2 Å². The van der Waals surface area contributed by atoms with Gasteiger partial charge in [0, 0.05) is 17.7 Å². The molecule has 2 N–H and O–H groups in total. The maximum Gasteiger partial charge on any atom is 0.286 e. The van der Waals surface area contributed by atoms with Gasteiger partial charge in [0.25, 0.3) is 11.8 Å². The largest absolute Gasteiger partial charge is 0.465 e. The van der Waals surface area contributed by atoms with E-state index in [4.69, 9.17) is 4.42 Å². The lowest BCUT2D eigenvalue weighted by Crippen LogP contribution is -2.22. The molecular weight excluding hydrogens is 376 g/mol. The zero-order valence-electron chi connectivity index (χ0n) is 16.0. The van der Waals surface area contributed by atoms with Gasteiger partial charge in [0.05, 0.1) is 6.54 Å². The maximum absolute atomic E-state index is 12.4. The second kappa shape index (κ2) is 8.79. The molecule has 2 amide bonds. The molecule has 0 aliphatic heterocycles. The number of hydrogen-bond donors (Lipinski definition) is 2. The Balaban J connectivity index is 1.61. The third-order valence-corrected chi connectivity index (χ3v) is 4.79. The summed E-state index contributed by atoms with van der Waals surface area (Å²) in [6, 6.07) is 10.4. The number of nitrogens with zero attached hydrogens (tertiary/aromatic N) is 2. The zero-order chi connectivity index (χ0) is 20.1. The van der Waals surface area contributed by atoms with Crippen LogP contribution in [0, 0.1) is 12.8 Å². The van der Waals surface area contributed by atoms with Crippen molar-refractivity contribution < 1.29 is 14.0 Å². The number of anilines is 1. The fourth-order valence-corrected chi connectivity index (χ4v) is 3.50. The third kappa shape index (κ3) is 5.26. The van der Waals surface area contributed by atoms with Gasteiger partial charge in [-0.1, -0.05) is 31.3 Å². The van der Waals surface area contributed by atoms with Crippen molar-refractivity contribution in [2.75, 3.05) is 5.32 Å². The van der Waals surface area contributed by atoms with E-state index < -0.39 is 0 Å². The summed E-state index contributed by atoms with van der Waals surface area (Å²) < 4.78 is 5.44. The summed E-state index contributed by atoms with van der Waals surface area (Å²) in [5.41, 5.74) is 0.964. The molecule has 1 aromatic carbocycles. The van der Waals surface area contributed by atoms with Crippen LogP contribution in [0.5, 0.6) is 0 Å². The molecule has 146 valence electrons. The molecule has 0 bridgehead atoms. The van der Waals surface area contributed by atoms with E-state index in [0.717, 1.165) is 17.2 Å². The van der Waals surface area contributed by atoms with E-state index in [1.54, 1.807) is 24.3 Å². The molecule has 0 atom stereocenters. The summed E-state index contributed by atoms with van der Waals surface area (Å²) in [5.74, 6) is 1.34. The molecule has 7 nitrogen and oxygen atoms in total. The Kier molecular flexibility index (Phi) is 6.20. The van der Waals surface area contributed by atoms with E-state index in [-0.39, 0.29) is 11.8 Å². The summed E-state index contributed by atoms with van der Waals surface area (Å²) in [7, 11) is 0. The monoisotopic (exact) mass is 398 g/mol. The second-order valence-corrected chi connectivity index (χ2v) is 7.89. The second-order valence-electron chi connectivity index (χ2n) is 6.83. The van der Waals surface area contributed by atoms with Gasteiger partial charge in [0.1, 0.15) is 16.5 Å². The number of benzene rings is 1. The Morgan fingerprint density at radius 3 is 2.68 bits per heavy atom. The lowest BCUT2D eigenvalue weighted by atomic mass is 10.1. The highest BCUT2D eigenvalue weighted by Crippen LogP contribution is 2.17. The highest BCUT2D eigenvalue weighted by molar-refractivity contribution is 7.13. The van der Waals surface area contributed by atoms with Crippen LogP contribution in [0.1, 0.15) is 50.5 Å². The molecule has 3 aromatic rings. The summed E-state index contributed by atoms with van der Waals surface area (Å²) in [6.07, 6.45) is 0.787. The molecule has 0 radical (unpaired) electrons. The van der Waals surface area contributed by atoms with Gasteiger partial charge in [0.15, 0.2) is 0 Å². The molecule has 0 saturated carbocycles. The van der Waals surface area contributed by atoms with Crippen LogP contribution in [0.25, 0.3) is 0 Å². The number of nitrogens with one attached hydrogen (secondary N) is 2. The van der Waals surface area contributed by atoms with E-state index in [1.807, 2.05) is 19.1 Å². The molecule has 0 unspecified atom stereocenters. The van der Waals surface area contributed by atoms with Gasteiger partial charge < -0.3 is 15.1 Å². The molecule has 0 aliphatic rings. The van der Waals surface area contributed by atoms with Crippen molar-refractivity contribution in [2.45, 2.75) is 33.7 Å². The molecule has 28 heavy (non-hydrogen) atoms. The number of rotatable bonds is 7. The Morgan fingerprint density at radius 1 is 1.14 bits per heavy atom. The first-order valence-corrected chi connectivity index (χ1v) is 9.79. The molecule has 0 saturated heterocycles. The summed E-state index contributed by atoms with van der Waals surface area (Å²) >= 11 is 1.28. The molecule has 0 spiro atoms. The van der Waals surface area contributed by atoms with Crippen molar-refractivity contribution in [3.05, 3.63) is 63.5 Å². The van der Waals surface area contributed by atoms with Crippen LogP contribution in [0.2, 0.25) is 0 Å². The minimum Gasteiger partial charge on any atom is -0.465 e. The van der Waals surface area contributed by atoms with E-state index in [9.17, 15) is 9.59 Å². The van der Waals surface area contributed by atoms with Crippen molar-refractivity contribution in [1.82, 2.24) is 15.5 Å². The van der Waals surface area contributed by atoms with Crippen molar-refractivity contribution >= 4 is 28.8 Å². The van der Waals surface area contributed by atoms with Crippen LogP contribution >= 0.6 is 11.3 Å². The first-order chi connectivity index (χ1) is 13.4. The number of aromatic nitrogens is 2. The molecule has 2 aromatic heterocycles. The number of carbonyl (C=O) groups is 2. The van der Waals surface area contributed by atoms with Crippen LogP contribution in [-0.4, -0.2) is 22.0 Å². The van der Waals surface area contributed by atoms with Crippen LogP contribution in [-0.2, 0) is 13.0 Å². The number of aryl methyl sites for hydroxylation is 1. The Morgan fingerprint density at radius 2 is 1.96 bits per heavy atom. The van der Waals surface area contributed by atoms with Crippen LogP contribution in [0.15, 0.2) is 40.8 Å². The molecular formula is C20H22N4O3S. The predicted octanol–water partition coefficient (Wildman–Crippen LogP) is 3.82. The van der Waals surface area contributed by atoms with Gasteiger partial charge in [-0.3, -0.25) is 9.59 Å². The predicted molar refractivity (Wildman–Crippen MR) is 107 cm³/mol. The SMILES string of the molecule is Cc1ccc(CNC(=O)c2cccc(NC(=O)c3nnc(CC(C)C)s3)c2)o1. The number of carbonyl (C=O) groups excluding carboxylic acids is 2. The molecule has 8 heteroatoms. The molecule has 0 aliphatic carbocycles. The average molecular weight is 398 g/mol. The smallest absolute Gasteiger partial charge is 0.286 e. The molecule has 3 rings (SSSR count). The summed E-state index contributed by atoms with van der Waals surface area (Å²) in [5, 5.41) is 14.7. The lowest BCUT2D eigenvalue weighted by Gasteiger charge is -2.07. The summed E-state index contributed by atoms with van der Waals surface area (Å²) in [6.45, 7) is 6.32. The van der Waals surface area contributed by atoms with Gasteiger partial charge in [0.2, 0.25) is 5.01 Å². The Hall–Kier alpha value is -3.00. The first kappa shape index (κ1) is 19.8. The normalized spacial score (nSPS) is 10.9. The molecule has 2 heterocycles.